The maximum atomic E-state index is 12.5. The molecule has 2 heterocycles. The van der Waals surface area contributed by atoms with Crippen molar-refractivity contribution in [3.63, 3.8) is 0 Å². The van der Waals surface area contributed by atoms with Gasteiger partial charge in [0.15, 0.2) is 0 Å². The van der Waals surface area contributed by atoms with Crippen molar-refractivity contribution in [2.75, 3.05) is 12.4 Å². The van der Waals surface area contributed by atoms with Gasteiger partial charge in [-0.2, -0.15) is 15.6 Å². The summed E-state index contributed by atoms with van der Waals surface area (Å²) in [6.45, 7) is 3.63. The molecule has 6 nitrogen and oxygen atoms in total. The Hall–Kier alpha value is -2.07. The average Bonchev–Trinajstić information content (AvgIpc) is 3.32. The van der Waals surface area contributed by atoms with Crippen LogP contribution in [0.3, 0.4) is 0 Å². The van der Waals surface area contributed by atoms with E-state index in [-0.39, 0.29) is 23.3 Å². The molecule has 0 aliphatic carbocycles. The number of sulfonamides is 1. The second kappa shape index (κ2) is 8.52. The van der Waals surface area contributed by atoms with Crippen LogP contribution in [-0.2, 0) is 21.2 Å². The van der Waals surface area contributed by atoms with Crippen molar-refractivity contribution in [2.45, 2.75) is 31.2 Å². The van der Waals surface area contributed by atoms with E-state index in [1.807, 2.05) is 36.1 Å². The summed E-state index contributed by atoms with van der Waals surface area (Å²) in [5, 5.41) is 9.57. The summed E-state index contributed by atoms with van der Waals surface area (Å²) in [7, 11) is -1.99. The Morgan fingerprint density at radius 2 is 1.89 bits per heavy atom. The Morgan fingerprint density at radius 1 is 1.18 bits per heavy atom. The maximum Gasteiger partial charge on any atom is 0.243 e. The molecule has 0 spiro atoms. The molecule has 28 heavy (non-hydrogen) atoms. The molecule has 9 heteroatoms. The van der Waals surface area contributed by atoms with Crippen LogP contribution >= 0.6 is 22.7 Å². The van der Waals surface area contributed by atoms with Crippen LogP contribution in [0.25, 0.3) is 10.6 Å². The summed E-state index contributed by atoms with van der Waals surface area (Å²) in [4.78, 5) is 17.0. The molecule has 0 aliphatic heterocycles. The van der Waals surface area contributed by atoms with Crippen molar-refractivity contribution >= 4 is 44.3 Å². The number of anilines is 1. The Balaban J connectivity index is 1.63. The van der Waals surface area contributed by atoms with Crippen LogP contribution in [0, 0.1) is 0 Å². The fourth-order valence-electron chi connectivity index (χ4n) is 2.43. The molecule has 148 valence electrons. The molecule has 0 aliphatic rings. The number of aromatic nitrogens is 1. The lowest BCUT2D eigenvalue weighted by Gasteiger charge is -2.21. The van der Waals surface area contributed by atoms with Crippen LogP contribution < -0.4 is 5.32 Å². The molecule has 2 aromatic heterocycles. The first kappa shape index (κ1) is 20.7. The normalized spacial score (nSPS) is 11.9. The number of hydrogen-bond donors (Lipinski definition) is 1. The SMILES string of the molecule is CC(C)N(C)S(=O)(=O)c1ccc(NC(=O)Cc2csc(-c3ccsc3)n2)cc1. The van der Waals surface area contributed by atoms with Crippen molar-refractivity contribution in [3.05, 3.63) is 52.2 Å². The number of carbonyl (C=O) groups is 1. The minimum Gasteiger partial charge on any atom is -0.326 e. The molecule has 0 radical (unpaired) electrons. The molecule has 3 rings (SSSR count). The monoisotopic (exact) mass is 435 g/mol. The van der Waals surface area contributed by atoms with Gasteiger partial charge in [-0.1, -0.05) is 0 Å². The molecule has 0 saturated carbocycles. The van der Waals surface area contributed by atoms with Crippen molar-refractivity contribution in [1.82, 2.24) is 9.29 Å². The summed E-state index contributed by atoms with van der Waals surface area (Å²) >= 11 is 3.12. The number of nitrogens with zero attached hydrogens (tertiary/aromatic N) is 2. The molecule has 0 atom stereocenters. The number of thiophene rings is 1. The van der Waals surface area contributed by atoms with Gasteiger partial charge < -0.3 is 5.32 Å². The first-order valence-corrected chi connectivity index (χ1v) is 11.9. The molecule has 0 unspecified atom stereocenters. The highest BCUT2D eigenvalue weighted by Gasteiger charge is 2.22. The van der Waals surface area contributed by atoms with E-state index in [4.69, 9.17) is 0 Å². The van der Waals surface area contributed by atoms with Crippen molar-refractivity contribution in [2.24, 2.45) is 0 Å². The van der Waals surface area contributed by atoms with E-state index in [0.29, 0.717) is 11.4 Å². The fourth-order valence-corrected chi connectivity index (χ4v) is 5.33. The van der Waals surface area contributed by atoms with Gasteiger partial charge in [0.05, 0.1) is 17.0 Å². The molecule has 0 saturated heterocycles. The third kappa shape index (κ3) is 4.67. The Bertz CT molecular complexity index is 1040. The summed E-state index contributed by atoms with van der Waals surface area (Å²) in [5.74, 6) is -0.197. The van der Waals surface area contributed by atoms with Gasteiger partial charge >= 0.3 is 0 Å². The number of amides is 1. The van der Waals surface area contributed by atoms with E-state index in [1.165, 1.54) is 27.8 Å². The lowest BCUT2D eigenvalue weighted by Crippen LogP contribution is -2.33. The number of thiazole rings is 1. The molecule has 3 aromatic rings. The maximum absolute atomic E-state index is 12.5. The lowest BCUT2D eigenvalue weighted by atomic mass is 10.3. The van der Waals surface area contributed by atoms with Crippen LogP contribution in [-0.4, -0.2) is 36.7 Å². The Morgan fingerprint density at radius 3 is 2.50 bits per heavy atom. The zero-order valence-corrected chi connectivity index (χ0v) is 18.2. The number of hydrogen-bond acceptors (Lipinski definition) is 6. The quantitative estimate of drug-likeness (QED) is 0.606. The smallest absolute Gasteiger partial charge is 0.243 e. The van der Waals surface area contributed by atoms with E-state index in [1.54, 1.807) is 30.5 Å². The fraction of sp³-hybridized carbons (Fsp3) is 0.263. The van der Waals surface area contributed by atoms with Gasteiger partial charge in [0.25, 0.3) is 0 Å². The van der Waals surface area contributed by atoms with Gasteiger partial charge in [-0.25, -0.2) is 13.4 Å². The number of rotatable bonds is 7. The zero-order chi connectivity index (χ0) is 20.3. The molecule has 1 amide bonds. The van der Waals surface area contributed by atoms with Crippen LogP contribution in [0.1, 0.15) is 19.5 Å². The van der Waals surface area contributed by atoms with Gasteiger partial charge in [0, 0.05) is 35.1 Å². The van der Waals surface area contributed by atoms with Gasteiger partial charge in [0.2, 0.25) is 15.9 Å². The van der Waals surface area contributed by atoms with Gasteiger partial charge in [0.1, 0.15) is 5.01 Å². The third-order valence-corrected chi connectivity index (χ3v) is 7.88. The minimum absolute atomic E-state index is 0.138. The first-order chi connectivity index (χ1) is 13.3. The van der Waals surface area contributed by atoms with Crippen LogP contribution in [0.15, 0.2) is 51.4 Å². The van der Waals surface area contributed by atoms with Gasteiger partial charge in [-0.05, 0) is 49.6 Å². The lowest BCUT2D eigenvalue weighted by molar-refractivity contribution is -0.115. The summed E-state index contributed by atoms with van der Waals surface area (Å²) in [5.41, 5.74) is 2.32. The summed E-state index contributed by atoms with van der Waals surface area (Å²) < 4.78 is 26.3. The summed E-state index contributed by atoms with van der Waals surface area (Å²) in [6, 6.07) is 8.05. The van der Waals surface area contributed by atoms with Crippen LogP contribution in [0.2, 0.25) is 0 Å². The van der Waals surface area contributed by atoms with E-state index < -0.39 is 10.0 Å². The van der Waals surface area contributed by atoms with E-state index in [2.05, 4.69) is 10.3 Å². The highest BCUT2D eigenvalue weighted by atomic mass is 32.2. The van der Waals surface area contributed by atoms with Crippen molar-refractivity contribution in [3.8, 4) is 10.6 Å². The predicted molar refractivity (Wildman–Crippen MR) is 114 cm³/mol. The number of nitrogens with one attached hydrogen (secondary N) is 1. The first-order valence-electron chi connectivity index (χ1n) is 8.62. The molecular formula is C19H21N3O3S3. The summed E-state index contributed by atoms with van der Waals surface area (Å²) in [6.07, 6.45) is 0.163. The minimum atomic E-state index is -3.54. The topological polar surface area (TPSA) is 79.4 Å². The Kier molecular flexibility index (Phi) is 6.29. The predicted octanol–water partition coefficient (Wildman–Crippen LogP) is 4.08. The second-order valence-electron chi connectivity index (χ2n) is 6.52. The molecule has 1 aromatic carbocycles. The third-order valence-electron chi connectivity index (χ3n) is 4.20. The molecule has 0 fully saturated rings. The molecule has 1 N–H and O–H groups in total. The zero-order valence-electron chi connectivity index (χ0n) is 15.7. The molecule has 0 bridgehead atoms. The van der Waals surface area contributed by atoms with Crippen molar-refractivity contribution in [1.29, 1.82) is 0 Å². The molecular weight excluding hydrogens is 414 g/mol. The van der Waals surface area contributed by atoms with Crippen molar-refractivity contribution < 1.29 is 13.2 Å². The number of carbonyl (C=O) groups excluding carboxylic acids is 1. The highest BCUT2D eigenvalue weighted by molar-refractivity contribution is 7.89. The van der Waals surface area contributed by atoms with Gasteiger partial charge in [-0.3, -0.25) is 4.79 Å². The van der Waals surface area contributed by atoms with E-state index in [0.717, 1.165) is 10.6 Å². The van der Waals surface area contributed by atoms with E-state index >= 15 is 0 Å². The van der Waals surface area contributed by atoms with E-state index in [9.17, 15) is 13.2 Å². The standard InChI is InChI=1S/C19H21N3O3S3/c1-13(2)22(3)28(24,25)17-6-4-15(5-7-17)20-18(23)10-16-12-27-19(21-16)14-8-9-26-11-14/h4-9,11-13H,10H2,1-3H3,(H,20,23). The average molecular weight is 436 g/mol. The second-order valence-corrected chi connectivity index (χ2v) is 10.2. The number of benzene rings is 1. The van der Waals surface area contributed by atoms with Crippen LogP contribution in [0.5, 0.6) is 0 Å². The Labute approximate surface area is 172 Å². The largest absolute Gasteiger partial charge is 0.326 e. The van der Waals surface area contributed by atoms with Gasteiger partial charge in [-0.15, -0.1) is 11.3 Å². The van der Waals surface area contributed by atoms with Crippen LogP contribution in [0.4, 0.5) is 5.69 Å². The highest BCUT2D eigenvalue weighted by Crippen LogP contribution is 2.26.